The molecule has 0 spiro atoms. The molecule has 0 bridgehead atoms. The third-order valence-electron chi connectivity index (χ3n) is 4.55. The number of fused-ring (bicyclic) bond motifs is 4. The molecule has 0 radical (unpaired) electrons. The van der Waals surface area contributed by atoms with Gasteiger partial charge in [-0.05, 0) is 40.7 Å². The van der Waals surface area contributed by atoms with E-state index in [0.717, 1.165) is 24.0 Å². The van der Waals surface area contributed by atoms with Crippen LogP contribution in [0.1, 0.15) is 39.5 Å². The summed E-state index contributed by atoms with van der Waals surface area (Å²) in [5, 5.41) is 0. The predicted octanol–water partition coefficient (Wildman–Crippen LogP) is 4.16. The average Bonchev–Trinajstić information content (AvgIpc) is 2.78. The molecule has 20 heavy (non-hydrogen) atoms. The SMILES string of the molecule is CCc1ccc2c(c1)CC1C(=O)c3ccccc3C1=C2. The van der Waals surface area contributed by atoms with Gasteiger partial charge in [0, 0.05) is 5.56 Å². The Labute approximate surface area is 119 Å². The Morgan fingerprint density at radius 1 is 1.10 bits per heavy atom. The van der Waals surface area contributed by atoms with Gasteiger partial charge in [-0.2, -0.15) is 0 Å². The molecule has 2 aromatic rings. The van der Waals surface area contributed by atoms with Gasteiger partial charge in [0.1, 0.15) is 0 Å². The monoisotopic (exact) mass is 260 g/mol. The number of hydrogen-bond acceptors (Lipinski definition) is 1. The lowest BCUT2D eigenvalue weighted by molar-refractivity contribution is 0.0958. The maximum absolute atomic E-state index is 12.6. The van der Waals surface area contributed by atoms with Gasteiger partial charge in [0.05, 0.1) is 5.92 Å². The van der Waals surface area contributed by atoms with Crippen molar-refractivity contribution < 1.29 is 4.79 Å². The number of ketones is 1. The zero-order valence-corrected chi connectivity index (χ0v) is 11.5. The number of Topliss-reactive ketones (excluding diaryl/α,β-unsaturated/α-hetero) is 1. The molecule has 0 saturated heterocycles. The summed E-state index contributed by atoms with van der Waals surface area (Å²) in [6, 6.07) is 14.7. The molecular formula is C19H16O. The van der Waals surface area contributed by atoms with Crippen molar-refractivity contribution in [3.63, 3.8) is 0 Å². The second-order valence-corrected chi connectivity index (χ2v) is 5.65. The first-order chi connectivity index (χ1) is 9.78. The first kappa shape index (κ1) is 11.7. The van der Waals surface area contributed by atoms with E-state index < -0.39 is 0 Å². The smallest absolute Gasteiger partial charge is 0.171 e. The molecule has 0 fully saturated rings. The Morgan fingerprint density at radius 3 is 2.70 bits per heavy atom. The first-order valence-corrected chi connectivity index (χ1v) is 7.25. The Balaban J connectivity index is 1.89. The molecule has 0 heterocycles. The van der Waals surface area contributed by atoms with E-state index in [1.54, 1.807) is 0 Å². The van der Waals surface area contributed by atoms with Crippen LogP contribution < -0.4 is 0 Å². The summed E-state index contributed by atoms with van der Waals surface area (Å²) < 4.78 is 0. The fraction of sp³-hybridized carbons (Fsp3) is 0.211. The van der Waals surface area contributed by atoms with Crippen LogP contribution in [0.2, 0.25) is 0 Å². The van der Waals surface area contributed by atoms with E-state index in [0.29, 0.717) is 5.78 Å². The molecule has 2 aliphatic carbocycles. The van der Waals surface area contributed by atoms with Crippen molar-refractivity contribution in [1.82, 2.24) is 0 Å². The Morgan fingerprint density at radius 2 is 1.90 bits per heavy atom. The molecule has 2 aromatic carbocycles. The number of hydrogen-bond donors (Lipinski definition) is 0. The first-order valence-electron chi connectivity index (χ1n) is 7.25. The van der Waals surface area contributed by atoms with E-state index in [2.05, 4.69) is 37.3 Å². The molecule has 1 atom stereocenters. The third-order valence-corrected chi connectivity index (χ3v) is 4.55. The molecule has 4 rings (SSSR count). The van der Waals surface area contributed by atoms with Crippen molar-refractivity contribution in [2.24, 2.45) is 5.92 Å². The molecule has 0 saturated carbocycles. The van der Waals surface area contributed by atoms with E-state index in [1.165, 1.54) is 22.3 Å². The summed E-state index contributed by atoms with van der Waals surface area (Å²) >= 11 is 0. The average molecular weight is 260 g/mol. The lowest BCUT2D eigenvalue weighted by Gasteiger charge is -2.20. The molecule has 0 amide bonds. The van der Waals surface area contributed by atoms with Crippen molar-refractivity contribution in [2.75, 3.05) is 0 Å². The number of carbonyl (C=O) groups excluding carboxylic acids is 1. The molecule has 98 valence electrons. The minimum atomic E-state index is 0.0343. The van der Waals surface area contributed by atoms with Gasteiger partial charge in [0.15, 0.2) is 5.78 Å². The van der Waals surface area contributed by atoms with Gasteiger partial charge in [0.2, 0.25) is 0 Å². The van der Waals surface area contributed by atoms with Crippen molar-refractivity contribution in [3.05, 3.63) is 70.3 Å². The van der Waals surface area contributed by atoms with Crippen LogP contribution in [0.25, 0.3) is 11.6 Å². The topological polar surface area (TPSA) is 17.1 Å². The number of allylic oxidation sites excluding steroid dienone is 1. The second kappa shape index (κ2) is 4.17. The molecule has 0 aromatic heterocycles. The Kier molecular flexibility index (Phi) is 2.43. The zero-order valence-electron chi connectivity index (χ0n) is 11.5. The molecule has 1 unspecified atom stereocenters. The summed E-state index contributed by atoms with van der Waals surface area (Å²) in [4.78, 5) is 12.6. The summed E-state index contributed by atoms with van der Waals surface area (Å²) in [7, 11) is 0. The van der Waals surface area contributed by atoms with Gasteiger partial charge < -0.3 is 0 Å². The van der Waals surface area contributed by atoms with Crippen LogP contribution in [0.3, 0.4) is 0 Å². The predicted molar refractivity (Wildman–Crippen MR) is 81.7 cm³/mol. The number of carbonyl (C=O) groups is 1. The molecule has 0 aliphatic heterocycles. The summed E-state index contributed by atoms with van der Waals surface area (Å²) in [5.74, 6) is 0.325. The summed E-state index contributed by atoms with van der Waals surface area (Å²) in [5.41, 5.74) is 7.18. The highest BCUT2D eigenvalue weighted by molar-refractivity contribution is 6.17. The molecule has 1 nitrogen and oxygen atoms in total. The van der Waals surface area contributed by atoms with Crippen molar-refractivity contribution in [3.8, 4) is 0 Å². The standard InChI is InChI=1S/C19H16O/c1-2-12-7-8-13-10-17-15-5-3-4-6-16(15)19(20)18(17)11-14(13)9-12/h3-10,18H,2,11H2,1H3. The molecule has 1 heteroatoms. The van der Waals surface area contributed by atoms with Crippen molar-refractivity contribution in [2.45, 2.75) is 19.8 Å². The molecule has 2 aliphatic rings. The van der Waals surface area contributed by atoms with E-state index >= 15 is 0 Å². The van der Waals surface area contributed by atoms with Crippen LogP contribution in [0.5, 0.6) is 0 Å². The minimum Gasteiger partial charge on any atom is -0.293 e. The molecule has 0 N–H and O–H groups in total. The van der Waals surface area contributed by atoms with Gasteiger partial charge in [-0.1, -0.05) is 55.5 Å². The maximum Gasteiger partial charge on any atom is 0.171 e. The zero-order chi connectivity index (χ0) is 13.7. The van der Waals surface area contributed by atoms with Gasteiger partial charge in [0.25, 0.3) is 0 Å². The van der Waals surface area contributed by atoms with E-state index in [-0.39, 0.29) is 5.92 Å². The van der Waals surface area contributed by atoms with Crippen LogP contribution in [0.4, 0.5) is 0 Å². The Hall–Kier alpha value is -2.15. The lowest BCUT2D eigenvalue weighted by Crippen LogP contribution is -2.15. The van der Waals surface area contributed by atoms with Crippen LogP contribution in [-0.2, 0) is 12.8 Å². The fourth-order valence-electron chi connectivity index (χ4n) is 3.43. The number of rotatable bonds is 1. The van der Waals surface area contributed by atoms with Gasteiger partial charge in [-0.15, -0.1) is 0 Å². The van der Waals surface area contributed by atoms with E-state index in [4.69, 9.17) is 0 Å². The van der Waals surface area contributed by atoms with Crippen molar-refractivity contribution >= 4 is 17.4 Å². The van der Waals surface area contributed by atoms with Crippen molar-refractivity contribution in [1.29, 1.82) is 0 Å². The van der Waals surface area contributed by atoms with Gasteiger partial charge >= 0.3 is 0 Å². The lowest BCUT2D eigenvalue weighted by atomic mass is 9.83. The van der Waals surface area contributed by atoms with E-state index in [9.17, 15) is 4.79 Å². The highest BCUT2D eigenvalue weighted by Gasteiger charge is 2.37. The van der Waals surface area contributed by atoms with Crippen LogP contribution >= 0.6 is 0 Å². The van der Waals surface area contributed by atoms with E-state index in [1.807, 2.05) is 18.2 Å². The van der Waals surface area contributed by atoms with Crippen LogP contribution in [0.15, 0.2) is 42.5 Å². The van der Waals surface area contributed by atoms with Gasteiger partial charge in [-0.25, -0.2) is 0 Å². The van der Waals surface area contributed by atoms with Crippen LogP contribution in [-0.4, -0.2) is 5.78 Å². The highest BCUT2D eigenvalue weighted by Crippen LogP contribution is 2.43. The summed E-state index contributed by atoms with van der Waals surface area (Å²) in [6.45, 7) is 2.17. The summed E-state index contributed by atoms with van der Waals surface area (Å²) in [6.07, 6.45) is 4.11. The van der Waals surface area contributed by atoms with Crippen LogP contribution in [0, 0.1) is 5.92 Å². The van der Waals surface area contributed by atoms with Gasteiger partial charge in [-0.3, -0.25) is 4.79 Å². The third kappa shape index (κ3) is 1.53. The highest BCUT2D eigenvalue weighted by atomic mass is 16.1. The Bertz CT molecular complexity index is 752. The molecular weight excluding hydrogens is 244 g/mol. The maximum atomic E-state index is 12.6. The minimum absolute atomic E-state index is 0.0343. The number of benzene rings is 2. The largest absolute Gasteiger partial charge is 0.293 e. The number of aryl methyl sites for hydroxylation is 1. The fourth-order valence-corrected chi connectivity index (χ4v) is 3.43. The quantitative estimate of drug-likeness (QED) is 0.752. The normalized spacial score (nSPS) is 19.1. The second-order valence-electron chi connectivity index (χ2n) is 5.65.